The van der Waals surface area contributed by atoms with Crippen molar-refractivity contribution in [3.63, 3.8) is 0 Å². The zero-order chi connectivity index (χ0) is 7.00. The lowest BCUT2D eigenvalue weighted by atomic mass is 10.3. The Morgan fingerprint density at radius 3 is 0.875 bits per heavy atom. The molecule has 0 saturated heterocycles. The highest BCUT2D eigenvalue weighted by Crippen LogP contribution is 1.93. The quantitative estimate of drug-likeness (QED) is 0.196. The monoisotopic (exact) mass is 122 g/mol. The van der Waals surface area contributed by atoms with Crippen molar-refractivity contribution < 1.29 is 10.2 Å². The van der Waals surface area contributed by atoms with E-state index in [-0.39, 0.29) is 0 Å². The number of aliphatic hydroxyl groups is 2. The van der Waals surface area contributed by atoms with Gasteiger partial charge in [0.2, 0.25) is 11.7 Å². The second-order valence-electron chi connectivity index (χ2n) is 1.65. The molecular formula is C2H10N4O2. The number of hydrogen-bond donors (Lipinski definition) is 6. The molecule has 0 bridgehead atoms. The molecule has 0 spiro atoms. The Morgan fingerprint density at radius 1 is 0.750 bits per heavy atom. The van der Waals surface area contributed by atoms with Gasteiger partial charge in [0, 0.05) is 0 Å². The van der Waals surface area contributed by atoms with Crippen molar-refractivity contribution in [1.29, 1.82) is 0 Å². The van der Waals surface area contributed by atoms with Gasteiger partial charge in [0.15, 0.2) is 0 Å². The summed E-state index contributed by atoms with van der Waals surface area (Å²) in [6.45, 7) is 0. The molecule has 50 valence electrons. The first-order valence-corrected chi connectivity index (χ1v) is 1.85. The van der Waals surface area contributed by atoms with Crippen molar-refractivity contribution in [3.05, 3.63) is 0 Å². The summed E-state index contributed by atoms with van der Waals surface area (Å²) in [6, 6.07) is 0. The largest absolute Gasteiger partial charge is 0.359 e. The highest BCUT2D eigenvalue weighted by molar-refractivity contribution is 4.78. The van der Waals surface area contributed by atoms with Crippen LogP contribution < -0.4 is 22.9 Å². The molecule has 10 N–H and O–H groups in total. The van der Waals surface area contributed by atoms with E-state index >= 15 is 0 Å². The van der Waals surface area contributed by atoms with Crippen molar-refractivity contribution in [3.8, 4) is 0 Å². The highest BCUT2D eigenvalue weighted by Gasteiger charge is 2.36. The molecule has 0 atom stereocenters. The molecule has 0 fully saturated rings. The van der Waals surface area contributed by atoms with Gasteiger partial charge in [-0.2, -0.15) is 0 Å². The van der Waals surface area contributed by atoms with Gasteiger partial charge in [0.1, 0.15) is 0 Å². The molecule has 0 rings (SSSR count). The standard InChI is InChI=1S/C2H10N4O2/c3-1(4,7)2(5,6)8/h7-8H,3-6H2. The van der Waals surface area contributed by atoms with Crippen molar-refractivity contribution in [2.24, 2.45) is 22.9 Å². The number of rotatable bonds is 1. The SMILES string of the molecule is NC(N)(O)C(N)(N)O. The molecule has 0 saturated carbocycles. The van der Waals surface area contributed by atoms with Crippen LogP contribution >= 0.6 is 0 Å². The van der Waals surface area contributed by atoms with Crippen LogP contribution in [0.4, 0.5) is 0 Å². The zero-order valence-corrected chi connectivity index (χ0v) is 4.20. The number of hydrogen-bond acceptors (Lipinski definition) is 6. The highest BCUT2D eigenvalue weighted by atomic mass is 16.4. The van der Waals surface area contributed by atoms with E-state index in [9.17, 15) is 0 Å². The van der Waals surface area contributed by atoms with Crippen LogP contribution in [-0.4, -0.2) is 21.9 Å². The summed E-state index contributed by atoms with van der Waals surface area (Å²) in [7, 11) is 0. The molecule has 0 aliphatic rings. The van der Waals surface area contributed by atoms with E-state index in [2.05, 4.69) is 22.9 Å². The van der Waals surface area contributed by atoms with Gasteiger partial charge in [-0.15, -0.1) is 0 Å². The summed E-state index contributed by atoms with van der Waals surface area (Å²) in [6.07, 6.45) is 0. The Hall–Kier alpha value is -0.240. The van der Waals surface area contributed by atoms with Crippen LogP contribution in [0.5, 0.6) is 0 Å². The summed E-state index contributed by atoms with van der Waals surface area (Å²) in [5, 5.41) is 16.8. The van der Waals surface area contributed by atoms with Gasteiger partial charge < -0.3 is 10.2 Å². The summed E-state index contributed by atoms with van der Waals surface area (Å²) in [5.41, 5.74) is 18.6. The average molecular weight is 122 g/mol. The van der Waals surface area contributed by atoms with Gasteiger partial charge in [-0.25, -0.2) is 0 Å². The topological polar surface area (TPSA) is 145 Å². The smallest absolute Gasteiger partial charge is 0.226 e. The normalized spacial score (nSPS) is 14.2. The van der Waals surface area contributed by atoms with Gasteiger partial charge >= 0.3 is 0 Å². The van der Waals surface area contributed by atoms with Crippen LogP contribution in [0, 0.1) is 0 Å². The maximum absolute atomic E-state index is 8.41. The van der Waals surface area contributed by atoms with Crippen LogP contribution in [0.1, 0.15) is 0 Å². The molecule has 0 aliphatic carbocycles. The van der Waals surface area contributed by atoms with Crippen LogP contribution in [0.15, 0.2) is 0 Å². The predicted octanol–water partition coefficient (Wildman–Crippen LogP) is -3.89. The third-order valence-electron chi connectivity index (χ3n) is 0.642. The second kappa shape index (κ2) is 1.62. The van der Waals surface area contributed by atoms with E-state index < -0.39 is 11.7 Å². The van der Waals surface area contributed by atoms with E-state index in [0.717, 1.165) is 0 Å². The molecule has 0 unspecified atom stereocenters. The van der Waals surface area contributed by atoms with Crippen molar-refractivity contribution in [1.82, 2.24) is 0 Å². The first-order chi connectivity index (χ1) is 3.25. The van der Waals surface area contributed by atoms with Crippen LogP contribution in [0.3, 0.4) is 0 Å². The minimum Gasteiger partial charge on any atom is -0.359 e. The molecule has 0 heterocycles. The Labute approximate surface area is 46.1 Å². The van der Waals surface area contributed by atoms with E-state index in [4.69, 9.17) is 10.2 Å². The maximum atomic E-state index is 8.41. The fraction of sp³-hybridized carbons (Fsp3) is 1.00. The zero-order valence-electron chi connectivity index (χ0n) is 4.20. The van der Waals surface area contributed by atoms with E-state index in [1.54, 1.807) is 0 Å². The van der Waals surface area contributed by atoms with E-state index in [0.29, 0.717) is 0 Å². The van der Waals surface area contributed by atoms with E-state index in [1.807, 2.05) is 0 Å². The summed E-state index contributed by atoms with van der Waals surface area (Å²) < 4.78 is 0. The Morgan fingerprint density at radius 2 is 0.875 bits per heavy atom. The van der Waals surface area contributed by atoms with Gasteiger partial charge in [-0.3, -0.25) is 22.9 Å². The maximum Gasteiger partial charge on any atom is 0.226 e. The van der Waals surface area contributed by atoms with Gasteiger partial charge in [-0.1, -0.05) is 0 Å². The summed E-state index contributed by atoms with van der Waals surface area (Å²) >= 11 is 0. The van der Waals surface area contributed by atoms with Gasteiger partial charge in [0.05, 0.1) is 0 Å². The number of nitrogens with two attached hydrogens (primary N) is 4. The minimum absolute atomic E-state index is 2.45. The first kappa shape index (κ1) is 7.76. The van der Waals surface area contributed by atoms with Crippen LogP contribution in [0.2, 0.25) is 0 Å². The third-order valence-corrected chi connectivity index (χ3v) is 0.642. The predicted molar refractivity (Wildman–Crippen MR) is 26.6 cm³/mol. The molecule has 6 nitrogen and oxygen atoms in total. The molecule has 0 aromatic carbocycles. The Balaban J connectivity index is 4.02. The summed E-state index contributed by atoms with van der Waals surface area (Å²) in [5.74, 6) is -4.90. The van der Waals surface area contributed by atoms with E-state index in [1.165, 1.54) is 0 Å². The molecule has 0 amide bonds. The Bertz CT molecular complexity index is 67.0. The lowest BCUT2D eigenvalue weighted by molar-refractivity contribution is -0.139. The van der Waals surface area contributed by atoms with Gasteiger partial charge in [-0.05, 0) is 0 Å². The lowest BCUT2D eigenvalue weighted by Crippen LogP contribution is -2.76. The third kappa shape index (κ3) is 1.70. The van der Waals surface area contributed by atoms with Crippen LogP contribution in [-0.2, 0) is 0 Å². The van der Waals surface area contributed by atoms with Crippen LogP contribution in [0.25, 0.3) is 0 Å². The molecule has 0 radical (unpaired) electrons. The molecule has 0 aromatic heterocycles. The molecule has 6 heteroatoms. The molecular weight excluding hydrogens is 112 g/mol. The van der Waals surface area contributed by atoms with Gasteiger partial charge in [0.25, 0.3) is 0 Å². The minimum atomic E-state index is -2.45. The first-order valence-electron chi connectivity index (χ1n) is 1.85. The second-order valence-corrected chi connectivity index (χ2v) is 1.65. The fourth-order valence-corrected chi connectivity index (χ4v) is 0. The molecule has 8 heavy (non-hydrogen) atoms. The lowest BCUT2D eigenvalue weighted by Gasteiger charge is -2.29. The average Bonchev–Trinajstić information content (AvgIpc) is 1.25. The summed E-state index contributed by atoms with van der Waals surface area (Å²) in [4.78, 5) is 0. The Kier molecular flexibility index (Phi) is 1.57. The van der Waals surface area contributed by atoms with Crippen molar-refractivity contribution in [2.45, 2.75) is 11.7 Å². The fourth-order valence-electron chi connectivity index (χ4n) is 0. The van der Waals surface area contributed by atoms with Crippen molar-refractivity contribution in [2.75, 3.05) is 0 Å². The molecule has 0 aliphatic heterocycles. The molecule has 0 aromatic rings. The van der Waals surface area contributed by atoms with Crippen molar-refractivity contribution >= 4 is 0 Å².